The van der Waals surface area contributed by atoms with Gasteiger partial charge in [-0.1, -0.05) is 102 Å². The van der Waals surface area contributed by atoms with Crippen molar-refractivity contribution in [2.24, 2.45) is 0 Å². The predicted octanol–water partition coefficient (Wildman–Crippen LogP) is 10.3. The number of rotatable bonds is 28. The Morgan fingerprint density at radius 1 is 0.500 bits per heavy atom. The van der Waals surface area contributed by atoms with Crippen LogP contribution in [-0.4, -0.2) is 122 Å². The maximum Gasteiger partial charge on any atom is 0.238 e. The van der Waals surface area contributed by atoms with Crippen LogP contribution in [0.15, 0.2) is 0 Å². The third-order valence-corrected chi connectivity index (χ3v) is 29.8. The second kappa shape index (κ2) is 24.2. The van der Waals surface area contributed by atoms with Gasteiger partial charge in [-0.05, 0) is 72.5 Å². The number of thioether (sulfide) groups is 1. The monoisotopic (exact) mass is 890 g/mol. The molecule has 0 N–H and O–H groups in total. The fourth-order valence-electron chi connectivity index (χ4n) is 3.33. The Bertz CT molecular complexity index is 1030. The highest BCUT2D eigenvalue weighted by molar-refractivity contribution is 8.14. The highest BCUT2D eigenvalue weighted by Crippen LogP contribution is 2.39. The molecule has 0 amide bonds. The molecule has 1 atom stereocenters. The molecule has 56 heavy (non-hydrogen) atoms. The highest BCUT2D eigenvalue weighted by atomic mass is 32.2. The SMILES string of the molecule is CC(COC(COO[Si](C)(C)C(C)(C)C)COO[Si](C)(C)C(C)(C)C)SC(=O)COOC(COCCO[Si](C)(C)C(C)(C)C)COCCO[Si](C)(C)C(C)(C)C. The molecular formula is C39H86O12SSi4. The Morgan fingerprint density at radius 3 is 1.23 bits per heavy atom. The van der Waals surface area contributed by atoms with Crippen LogP contribution in [-0.2, 0) is 56.6 Å². The molecule has 0 bridgehead atoms. The molecular weight excluding hydrogens is 805 g/mol. The molecule has 0 aliphatic rings. The summed E-state index contributed by atoms with van der Waals surface area (Å²) in [5, 5.41) is -0.168. The Kier molecular flexibility index (Phi) is 24.4. The maximum absolute atomic E-state index is 12.9. The second-order valence-corrected chi connectivity index (χ2v) is 41.3. The van der Waals surface area contributed by atoms with E-state index in [9.17, 15) is 4.79 Å². The first-order valence-electron chi connectivity index (χ1n) is 20.3. The summed E-state index contributed by atoms with van der Waals surface area (Å²) in [5.74, 6) is 0. The van der Waals surface area contributed by atoms with Crippen LogP contribution in [0.1, 0.15) is 90.0 Å². The minimum atomic E-state index is -2.14. The van der Waals surface area contributed by atoms with Crippen molar-refractivity contribution in [3.05, 3.63) is 0 Å². The minimum absolute atomic E-state index is 0.0121. The lowest BCUT2D eigenvalue weighted by molar-refractivity contribution is -0.330. The van der Waals surface area contributed by atoms with E-state index in [4.69, 9.17) is 51.8 Å². The van der Waals surface area contributed by atoms with Gasteiger partial charge in [-0.15, -0.1) is 0 Å². The zero-order valence-corrected chi connectivity index (χ0v) is 44.4. The smallest absolute Gasteiger partial charge is 0.238 e. The summed E-state index contributed by atoms with van der Waals surface area (Å²) in [6.45, 7) is 48.0. The van der Waals surface area contributed by atoms with Gasteiger partial charge in [-0.25, -0.2) is 19.6 Å². The van der Waals surface area contributed by atoms with Crippen molar-refractivity contribution in [3.63, 3.8) is 0 Å². The molecule has 0 radical (unpaired) electrons. The van der Waals surface area contributed by atoms with Gasteiger partial charge in [-0.2, -0.15) is 0 Å². The van der Waals surface area contributed by atoms with Gasteiger partial charge >= 0.3 is 0 Å². The van der Waals surface area contributed by atoms with Crippen molar-refractivity contribution in [1.82, 2.24) is 0 Å². The van der Waals surface area contributed by atoms with Crippen LogP contribution in [0.4, 0.5) is 0 Å². The summed E-state index contributed by atoms with van der Waals surface area (Å²) in [6.07, 6.45) is -1.01. The molecule has 0 heterocycles. The first-order chi connectivity index (χ1) is 25.2. The molecule has 0 aliphatic heterocycles. The summed E-state index contributed by atoms with van der Waals surface area (Å²) in [4.78, 5) is 35.5. The molecule has 0 rings (SSSR count). The number of hydrogen-bond donors (Lipinski definition) is 0. The van der Waals surface area contributed by atoms with E-state index in [1.54, 1.807) is 0 Å². The highest BCUT2D eigenvalue weighted by Gasteiger charge is 2.41. The van der Waals surface area contributed by atoms with Gasteiger partial charge in [0.05, 0.1) is 46.2 Å². The second-order valence-electron chi connectivity index (χ2n) is 20.9. The van der Waals surface area contributed by atoms with Crippen LogP contribution in [0, 0.1) is 0 Å². The van der Waals surface area contributed by atoms with E-state index in [2.05, 4.69) is 135 Å². The van der Waals surface area contributed by atoms with E-state index in [0.717, 1.165) is 11.8 Å². The van der Waals surface area contributed by atoms with Crippen LogP contribution in [0.25, 0.3) is 0 Å². The third kappa shape index (κ3) is 22.3. The topological polar surface area (TPSA) is 119 Å². The van der Waals surface area contributed by atoms with E-state index in [-0.39, 0.29) is 70.2 Å². The molecule has 0 aliphatic carbocycles. The summed E-state index contributed by atoms with van der Waals surface area (Å²) in [5.41, 5.74) is 0. The zero-order valence-electron chi connectivity index (χ0n) is 39.6. The third-order valence-electron chi connectivity index (χ3n) is 11.5. The van der Waals surface area contributed by atoms with E-state index in [1.807, 2.05) is 6.92 Å². The van der Waals surface area contributed by atoms with Crippen LogP contribution in [0.3, 0.4) is 0 Å². The number of carbonyl (C=O) groups excluding carboxylic acids is 1. The van der Waals surface area contributed by atoms with Crippen molar-refractivity contribution in [1.29, 1.82) is 0 Å². The van der Waals surface area contributed by atoms with Gasteiger partial charge in [-0.3, -0.25) is 13.9 Å². The molecule has 0 aromatic heterocycles. The van der Waals surface area contributed by atoms with Gasteiger partial charge in [0.15, 0.2) is 23.2 Å². The molecule has 0 aromatic carbocycles. The maximum atomic E-state index is 12.9. The van der Waals surface area contributed by atoms with Crippen molar-refractivity contribution < 1.29 is 56.6 Å². The Labute approximate surface area is 351 Å². The van der Waals surface area contributed by atoms with Gasteiger partial charge in [0.25, 0.3) is 0 Å². The summed E-state index contributed by atoms with van der Waals surface area (Å²) < 4.78 is 42.4. The van der Waals surface area contributed by atoms with Crippen LogP contribution in [0.5, 0.6) is 0 Å². The van der Waals surface area contributed by atoms with Gasteiger partial charge in [0, 0.05) is 5.25 Å². The Balaban J connectivity index is 5.17. The predicted molar refractivity (Wildman–Crippen MR) is 239 cm³/mol. The molecule has 0 aromatic rings. The number of ether oxygens (including phenoxy) is 3. The van der Waals surface area contributed by atoms with E-state index < -0.39 is 45.5 Å². The van der Waals surface area contributed by atoms with Crippen molar-refractivity contribution in [2.45, 2.75) is 180 Å². The van der Waals surface area contributed by atoms with Crippen molar-refractivity contribution in [3.8, 4) is 0 Å². The molecule has 0 saturated heterocycles. The van der Waals surface area contributed by atoms with Gasteiger partial charge in [0.2, 0.25) is 21.8 Å². The van der Waals surface area contributed by atoms with Crippen molar-refractivity contribution >= 4 is 50.1 Å². The summed E-state index contributed by atoms with van der Waals surface area (Å²) in [6, 6.07) is 0. The Hall–Kier alpha value is 0.448. The lowest BCUT2D eigenvalue weighted by Gasteiger charge is -2.36. The van der Waals surface area contributed by atoms with Crippen LogP contribution in [0.2, 0.25) is 72.5 Å². The molecule has 0 fully saturated rings. The lowest BCUT2D eigenvalue weighted by Crippen LogP contribution is -2.43. The van der Waals surface area contributed by atoms with Crippen LogP contribution < -0.4 is 0 Å². The molecule has 17 heteroatoms. The first kappa shape index (κ1) is 56.4. The fraction of sp³-hybridized carbons (Fsp3) is 0.974. The van der Waals surface area contributed by atoms with Gasteiger partial charge < -0.3 is 23.1 Å². The van der Waals surface area contributed by atoms with Crippen LogP contribution >= 0.6 is 11.8 Å². The molecule has 1 unspecified atom stereocenters. The van der Waals surface area contributed by atoms with E-state index in [0.29, 0.717) is 26.4 Å². The average Bonchev–Trinajstić information content (AvgIpc) is 3.00. The Morgan fingerprint density at radius 2 is 0.875 bits per heavy atom. The van der Waals surface area contributed by atoms with E-state index in [1.165, 1.54) is 0 Å². The quantitative estimate of drug-likeness (QED) is 0.0321. The normalized spacial score (nSPS) is 15.0. The molecule has 0 saturated carbocycles. The molecule has 12 nitrogen and oxygen atoms in total. The first-order valence-corrected chi connectivity index (χ1v) is 32.8. The minimum Gasteiger partial charge on any atom is -0.414 e. The van der Waals surface area contributed by atoms with Gasteiger partial charge in [0.1, 0.15) is 25.4 Å². The fourth-order valence-corrected chi connectivity index (χ4v) is 7.32. The largest absolute Gasteiger partial charge is 0.414 e. The molecule has 336 valence electrons. The van der Waals surface area contributed by atoms with Crippen molar-refractivity contribution in [2.75, 3.05) is 66.1 Å². The number of carbonyl (C=O) groups is 1. The number of hydrogen-bond acceptors (Lipinski definition) is 13. The standard InChI is InChI=1S/C39H86O12SSi4/c1-32(26-43-33(29-45-50-55(18,19)38(8,9)10)30-46-51-56(20,21)39(11,12)13)52-35(40)31-44-49-34(27-41-22-24-47-53(14,15)36(2,3)4)28-42-23-25-48-54(16,17)37(5,6)7/h32-34H,22-31H2,1-21H3. The zero-order chi connectivity index (χ0) is 43.9. The summed E-state index contributed by atoms with van der Waals surface area (Å²) in [7, 11) is -8.04. The van der Waals surface area contributed by atoms with E-state index >= 15 is 0 Å². The average molecular weight is 892 g/mol. The molecule has 0 spiro atoms. The summed E-state index contributed by atoms with van der Waals surface area (Å²) >= 11 is 1.13. The lowest BCUT2D eigenvalue weighted by atomic mass is 10.2.